The van der Waals surface area contributed by atoms with Crippen molar-refractivity contribution in [3.05, 3.63) is 120 Å². The second kappa shape index (κ2) is 14.5. The molecule has 220 valence electrons. The van der Waals surface area contributed by atoms with E-state index in [2.05, 4.69) is 9.97 Å². The standard InChI is InChI=1S/C33H31FN4O4S/c1-23-15-29(26(17-27(34)21-39)20-38(2)19-24-10-11-31-32(16-24)41-22-40-31)37-33(36-23)43-14-12-30(25-7-4-3-5-8-25)42-28-9-6-13-35-18-28/h3-11,13,15-18,20-21,30H,12,14,19,22H2,1-2H3/b26-20+,27-17+. The molecule has 0 amide bonds. The van der Waals surface area contributed by atoms with Crippen LogP contribution in [-0.4, -0.2) is 45.7 Å². The zero-order chi connectivity index (χ0) is 30.0. The van der Waals surface area contributed by atoms with E-state index in [9.17, 15) is 9.18 Å². The number of benzene rings is 2. The SMILES string of the molecule is Cc1cc(C(/C=C(/F)C=O)=C/N(C)Cc2ccc3c(c2)OCO3)nc(SCCC(Oc2cccnc2)c2ccccc2)n1. The molecule has 0 aliphatic carbocycles. The van der Waals surface area contributed by atoms with E-state index in [4.69, 9.17) is 19.2 Å². The summed E-state index contributed by atoms with van der Waals surface area (Å²) in [5, 5.41) is 0.549. The van der Waals surface area contributed by atoms with Crippen molar-refractivity contribution in [2.45, 2.75) is 31.1 Å². The molecule has 1 aliphatic rings. The van der Waals surface area contributed by atoms with Crippen molar-refractivity contribution in [3.8, 4) is 17.2 Å². The van der Waals surface area contributed by atoms with E-state index < -0.39 is 5.83 Å². The molecule has 0 fully saturated rings. The Hall–Kier alpha value is -4.70. The molecule has 5 rings (SSSR count). The lowest BCUT2D eigenvalue weighted by Crippen LogP contribution is -2.11. The van der Waals surface area contributed by atoms with Gasteiger partial charge in [0, 0.05) is 43.0 Å². The quantitative estimate of drug-likeness (QED) is 0.0546. The average Bonchev–Trinajstić information content (AvgIpc) is 3.49. The fourth-order valence-corrected chi connectivity index (χ4v) is 5.41. The Kier molecular flexibility index (Phi) is 10.0. The molecule has 8 nitrogen and oxygen atoms in total. The maximum absolute atomic E-state index is 14.3. The zero-order valence-electron chi connectivity index (χ0n) is 23.9. The number of ether oxygens (including phenoxy) is 3. The van der Waals surface area contributed by atoms with Gasteiger partial charge in [-0.25, -0.2) is 14.4 Å². The number of thioether (sulfide) groups is 1. The molecule has 0 saturated carbocycles. The van der Waals surface area contributed by atoms with E-state index in [0.717, 1.165) is 16.8 Å². The third kappa shape index (κ3) is 8.42. The largest absolute Gasteiger partial charge is 0.484 e. The van der Waals surface area contributed by atoms with E-state index in [1.807, 2.05) is 79.5 Å². The highest BCUT2D eigenvalue weighted by atomic mass is 32.2. The van der Waals surface area contributed by atoms with Crippen LogP contribution in [-0.2, 0) is 11.3 Å². The van der Waals surface area contributed by atoms with Gasteiger partial charge in [-0.1, -0.05) is 48.2 Å². The third-order valence-electron chi connectivity index (χ3n) is 6.46. The van der Waals surface area contributed by atoms with Crippen LogP contribution in [0.15, 0.2) is 102 Å². The smallest absolute Gasteiger partial charge is 0.231 e. The van der Waals surface area contributed by atoms with Gasteiger partial charge < -0.3 is 19.1 Å². The highest BCUT2D eigenvalue weighted by molar-refractivity contribution is 7.99. The molecular weight excluding hydrogens is 567 g/mol. The van der Waals surface area contributed by atoms with Crippen molar-refractivity contribution in [1.82, 2.24) is 19.9 Å². The number of rotatable bonds is 13. The first-order valence-electron chi connectivity index (χ1n) is 13.7. The summed E-state index contributed by atoms with van der Waals surface area (Å²) in [6.45, 7) is 2.58. The maximum atomic E-state index is 14.3. The summed E-state index contributed by atoms with van der Waals surface area (Å²) in [6.07, 6.45) is 7.04. The molecule has 1 aliphatic heterocycles. The summed E-state index contributed by atoms with van der Waals surface area (Å²) in [6, 6.07) is 21.3. The van der Waals surface area contributed by atoms with Crippen LogP contribution in [0.1, 0.15) is 35.0 Å². The van der Waals surface area contributed by atoms with Gasteiger partial charge in [-0.15, -0.1) is 0 Å². The summed E-state index contributed by atoms with van der Waals surface area (Å²) in [7, 11) is 1.87. The second-order valence-electron chi connectivity index (χ2n) is 9.85. The number of aldehydes is 1. The van der Waals surface area contributed by atoms with Crippen LogP contribution in [0.4, 0.5) is 4.39 Å². The van der Waals surface area contributed by atoms with Crippen LogP contribution in [0.5, 0.6) is 17.2 Å². The van der Waals surface area contributed by atoms with Gasteiger partial charge in [-0.3, -0.25) is 9.78 Å². The lowest BCUT2D eigenvalue weighted by atomic mass is 10.1. The summed E-state index contributed by atoms with van der Waals surface area (Å²) in [4.78, 5) is 26.6. The van der Waals surface area contributed by atoms with Crippen LogP contribution >= 0.6 is 11.8 Å². The molecule has 2 aromatic heterocycles. The molecule has 0 spiro atoms. The number of aromatic nitrogens is 3. The van der Waals surface area contributed by atoms with Crippen molar-refractivity contribution in [2.24, 2.45) is 0 Å². The van der Waals surface area contributed by atoms with E-state index in [1.54, 1.807) is 24.7 Å². The van der Waals surface area contributed by atoms with Gasteiger partial charge in [0.2, 0.25) is 6.79 Å². The van der Waals surface area contributed by atoms with Crippen molar-refractivity contribution in [1.29, 1.82) is 0 Å². The molecular formula is C33H31FN4O4S. The molecule has 1 atom stereocenters. The van der Waals surface area contributed by atoms with Gasteiger partial charge in [0.15, 0.2) is 28.8 Å². The number of hydrogen-bond acceptors (Lipinski definition) is 9. The van der Waals surface area contributed by atoms with Gasteiger partial charge in [-0.05, 0) is 60.9 Å². The molecule has 3 heterocycles. The Balaban J connectivity index is 1.32. The Morgan fingerprint density at radius 2 is 1.93 bits per heavy atom. The first kappa shape index (κ1) is 29.8. The Bertz CT molecular complexity index is 1600. The minimum Gasteiger partial charge on any atom is -0.484 e. The fourth-order valence-electron chi connectivity index (χ4n) is 4.52. The zero-order valence-corrected chi connectivity index (χ0v) is 24.7. The molecule has 1 unspecified atom stereocenters. The Morgan fingerprint density at radius 3 is 2.72 bits per heavy atom. The lowest BCUT2D eigenvalue weighted by molar-refractivity contribution is -0.106. The number of carbonyl (C=O) groups is 1. The number of pyridine rings is 1. The molecule has 4 aromatic rings. The summed E-state index contributed by atoms with van der Waals surface area (Å²) < 4.78 is 31.4. The molecule has 2 aromatic carbocycles. The van der Waals surface area contributed by atoms with Crippen LogP contribution in [0.2, 0.25) is 0 Å². The summed E-state index contributed by atoms with van der Waals surface area (Å²) in [5.74, 6) is 1.87. The number of fused-ring (bicyclic) bond motifs is 1. The summed E-state index contributed by atoms with van der Waals surface area (Å²) in [5.41, 5.74) is 3.72. The van der Waals surface area contributed by atoms with Gasteiger partial charge in [0.1, 0.15) is 11.9 Å². The van der Waals surface area contributed by atoms with Crippen LogP contribution < -0.4 is 14.2 Å². The Labute approximate surface area is 254 Å². The molecule has 43 heavy (non-hydrogen) atoms. The highest BCUT2D eigenvalue weighted by Gasteiger charge is 2.16. The topological polar surface area (TPSA) is 86.7 Å². The van der Waals surface area contributed by atoms with E-state index in [-0.39, 0.29) is 19.2 Å². The van der Waals surface area contributed by atoms with Crippen molar-refractivity contribution in [3.63, 3.8) is 0 Å². The van der Waals surface area contributed by atoms with E-state index >= 15 is 0 Å². The number of allylic oxidation sites excluding steroid dienone is 3. The van der Waals surface area contributed by atoms with Crippen LogP contribution in [0.3, 0.4) is 0 Å². The predicted molar refractivity (Wildman–Crippen MR) is 163 cm³/mol. The lowest BCUT2D eigenvalue weighted by Gasteiger charge is -2.19. The number of halogens is 1. The van der Waals surface area contributed by atoms with Crippen molar-refractivity contribution in [2.75, 3.05) is 19.6 Å². The highest BCUT2D eigenvalue weighted by Crippen LogP contribution is 2.33. The molecule has 0 N–H and O–H groups in total. The molecule has 0 radical (unpaired) electrons. The van der Waals surface area contributed by atoms with E-state index in [1.165, 1.54) is 17.8 Å². The predicted octanol–water partition coefficient (Wildman–Crippen LogP) is 6.74. The summed E-state index contributed by atoms with van der Waals surface area (Å²) >= 11 is 1.49. The monoisotopic (exact) mass is 598 g/mol. The number of hydrogen-bond donors (Lipinski definition) is 0. The second-order valence-corrected chi connectivity index (χ2v) is 10.9. The van der Waals surface area contributed by atoms with E-state index in [0.29, 0.717) is 52.4 Å². The van der Waals surface area contributed by atoms with Gasteiger partial charge in [-0.2, -0.15) is 0 Å². The maximum Gasteiger partial charge on any atom is 0.231 e. The minimum absolute atomic E-state index is 0.182. The molecule has 10 heteroatoms. The van der Waals surface area contributed by atoms with Crippen molar-refractivity contribution < 1.29 is 23.4 Å². The van der Waals surface area contributed by atoms with Crippen LogP contribution in [0, 0.1) is 6.92 Å². The number of aryl methyl sites for hydroxylation is 1. The number of carbonyl (C=O) groups excluding carboxylic acids is 1. The normalized spacial score (nSPS) is 13.5. The van der Waals surface area contributed by atoms with Gasteiger partial charge >= 0.3 is 0 Å². The average molecular weight is 599 g/mol. The Morgan fingerprint density at radius 1 is 1.09 bits per heavy atom. The van der Waals surface area contributed by atoms with Gasteiger partial charge in [0.25, 0.3) is 0 Å². The van der Waals surface area contributed by atoms with Crippen LogP contribution in [0.25, 0.3) is 5.57 Å². The third-order valence-corrected chi connectivity index (χ3v) is 7.34. The minimum atomic E-state index is -0.897. The molecule has 0 saturated heterocycles. The first-order chi connectivity index (χ1) is 21.0. The van der Waals surface area contributed by atoms with Crippen molar-refractivity contribution >= 4 is 23.6 Å². The first-order valence-corrected chi connectivity index (χ1v) is 14.7. The number of nitrogens with zero attached hydrogens (tertiary/aromatic N) is 4. The fraction of sp³-hybridized carbons (Fsp3) is 0.212. The van der Waals surface area contributed by atoms with Gasteiger partial charge in [0.05, 0.1) is 11.9 Å². The molecule has 0 bridgehead atoms.